The van der Waals surface area contributed by atoms with Crippen molar-refractivity contribution in [2.45, 2.75) is 302 Å². The number of rotatable bonds is 48. The molecule has 0 atom stereocenters. The highest BCUT2D eigenvalue weighted by molar-refractivity contribution is 5.69. The Morgan fingerprint density at radius 2 is 0.464 bits per heavy atom. The molecule has 0 unspecified atom stereocenters. The first kappa shape index (κ1) is 54.9. The second kappa shape index (κ2) is 48.3. The number of esters is 2. The molecule has 0 saturated heterocycles. The van der Waals surface area contributed by atoms with Crippen LogP contribution in [0.3, 0.4) is 0 Å². The molecular weight excluding hydrogens is 693 g/mol. The van der Waals surface area contributed by atoms with Gasteiger partial charge in [-0.25, -0.2) is 0 Å². The molecule has 0 aliphatic rings. The highest BCUT2D eigenvalue weighted by Crippen LogP contribution is 2.17. The van der Waals surface area contributed by atoms with E-state index in [1.54, 1.807) is 0 Å². The van der Waals surface area contributed by atoms with Gasteiger partial charge in [0.2, 0.25) is 0 Å². The van der Waals surface area contributed by atoms with E-state index in [1.165, 1.54) is 244 Å². The quantitative estimate of drug-likeness (QED) is 0.0491. The van der Waals surface area contributed by atoms with Crippen molar-refractivity contribution in [1.82, 2.24) is 0 Å². The van der Waals surface area contributed by atoms with E-state index in [2.05, 4.69) is 13.8 Å². The first-order valence-corrected chi connectivity index (χ1v) is 25.6. The summed E-state index contributed by atoms with van der Waals surface area (Å²) in [6.45, 7) is 4.36. The molecule has 0 heterocycles. The van der Waals surface area contributed by atoms with E-state index in [9.17, 15) is 14.7 Å². The van der Waals surface area contributed by atoms with Crippen molar-refractivity contribution >= 4 is 11.9 Å². The zero-order valence-corrected chi connectivity index (χ0v) is 38.2. The Balaban J connectivity index is 3.33. The zero-order valence-electron chi connectivity index (χ0n) is 38.2. The van der Waals surface area contributed by atoms with Crippen molar-refractivity contribution < 1.29 is 24.2 Å². The van der Waals surface area contributed by atoms with Crippen LogP contribution in [0.5, 0.6) is 0 Å². The third kappa shape index (κ3) is 47.3. The lowest BCUT2D eigenvalue weighted by Crippen LogP contribution is -2.25. The highest BCUT2D eigenvalue weighted by Gasteiger charge is 2.12. The van der Waals surface area contributed by atoms with Crippen molar-refractivity contribution in [1.29, 1.82) is 0 Å². The van der Waals surface area contributed by atoms with Crippen LogP contribution < -0.4 is 0 Å². The molecule has 0 saturated carbocycles. The van der Waals surface area contributed by atoms with E-state index >= 15 is 0 Å². The fourth-order valence-electron chi connectivity index (χ4n) is 7.97. The maximum absolute atomic E-state index is 12.1. The van der Waals surface area contributed by atoms with Gasteiger partial charge in [-0.15, -0.1) is 0 Å². The molecule has 5 heteroatoms. The second-order valence-electron chi connectivity index (χ2n) is 17.7. The van der Waals surface area contributed by atoms with E-state index in [4.69, 9.17) is 9.47 Å². The van der Waals surface area contributed by atoms with E-state index in [0.29, 0.717) is 12.8 Å². The van der Waals surface area contributed by atoms with Crippen LogP contribution >= 0.6 is 0 Å². The lowest BCUT2D eigenvalue weighted by atomic mass is 10.0. The van der Waals surface area contributed by atoms with Gasteiger partial charge in [0.15, 0.2) is 0 Å². The van der Waals surface area contributed by atoms with E-state index in [0.717, 1.165) is 25.7 Å². The number of unbranched alkanes of at least 4 members (excludes halogenated alkanes) is 40. The van der Waals surface area contributed by atoms with E-state index < -0.39 is 6.10 Å². The van der Waals surface area contributed by atoms with Gasteiger partial charge >= 0.3 is 11.9 Å². The molecule has 0 spiro atoms. The van der Waals surface area contributed by atoms with Gasteiger partial charge in [0.1, 0.15) is 19.3 Å². The van der Waals surface area contributed by atoms with Gasteiger partial charge in [0, 0.05) is 12.8 Å². The first-order chi connectivity index (χ1) is 27.6. The lowest BCUT2D eigenvalue weighted by molar-refractivity contribution is -0.152. The number of hydrogen-bond donors (Lipinski definition) is 1. The second-order valence-corrected chi connectivity index (χ2v) is 17.7. The third-order valence-corrected chi connectivity index (χ3v) is 11.8. The summed E-state index contributed by atoms with van der Waals surface area (Å²) in [7, 11) is 0. The predicted molar refractivity (Wildman–Crippen MR) is 242 cm³/mol. The molecular formula is C51H100O5. The largest absolute Gasteiger partial charge is 0.463 e. The Bertz CT molecular complexity index is 707. The summed E-state index contributed by atoms with van der Waals surface area (Å²) < 4.78 is 10.4. The van der Waals surface area contributed by atoms with Crippen LogP contribution in [0.25, 0.3) is 0 Å². The molecule has 0 aliphatic heterocycles. The molecule has 0 fully saturated rings. The lowest BCUT2D eigenvalue weighted by Gasteiger charge is -2.12. The Labute approximate surface area is 350 Å². The summed E-state index contributed by atoms with van der Waals surface area (Å²) in [5.41, 5.74) is 0. The summed E-state index contributed by atoms with van der Waals surface area (Å²) in [5.74, 6) is -0.541. The summed E-state index contributed by atoms with van der Waals surface area (Å²) in [4.78, 5) is 24.1. The Morgan fingerprint density at radius 1 is 0.304 bits per heavy atom. The van der Waals surface area contributed by atoms with Crippen molar-refractivity contribution in [3.8, 4) is 0 Å². The summed E-state index contributed by atoms with van der Waals surface area (Å²) in [5, 5.41) is 10.1. The molecule has 0 bridgehead atoms. The van der Waals surface area contributed by atoms with Crippen LogP contribution in [0, 0.1) is 0 Å². The fraction of sp³-hybridized carbons (Fsp3) is 0.961. The minimum Gasteiger partial charge on any atom is -0.463 e. The predicted octanol–water partition coefficient (Wildman–Crippen LogP) is 16.6. The van der Waals surface area contributed by atoms with Crippen LogP contribution in [0.4, 0.5) is 0 Å². The molecule has 0 aromatic heterocycles. The van der Waals surface area contributed by atoms with Crippen LogP contribution in [0.1, 0.15) is 296 Å². The fourth-order valence-corrected chi connectivity index (χ4v) is 7.97. The molecule has 0 aromatic rings. The molecule has 56 heavy (non-hydrogen) atoms. The number of aliphatic hydroxyl groups excluding tert-OH is 1. The van der Waals surface area contributed by atoms with Crippen LogP contribution in [0.15, 0.2) is 0 Å². The maximum atomic E-state index is 12.1. The van der Waals surface area contributed by atoms with Gasteiger partial charge in [0.05, 0.1) is 0 Å². The van der Waals surface area contributed by atoms with Crippen LogP contribution in [-0.2, 0) is 19.1 Å². The normalized spacial score (nSPS) is 11.5. The Hall–Kier alpha value is -1.10. The molecule has 0 aliphatic carbocycles. The summed E-state index contributed by atoms with van der Waals surface area (Å²) in [6, 6.07) is 0. The monoisotopic (exact) mass is 793 g/mol. The number of aliphatic hydroxyl groups is 1. The smallest absolute Gasteiger partial charge is 0.305 e. The van der Waals surface area contributed by atoms with Gasteiger partial charge in [-0.3, -0.25) is 9.59 Å². The Kier molecular flexibility index (Phi) is 47.3. The number of carbonyl (C=O) groups excluding carboxylic acids is 2. The molecule has 0 rings (SSSR count). The standard InChI is InChI=1S/C51H100O5/c1-3-5-7-9-11-13-15-17-19-21-23-25-27-29-31-33-35-37-39-41-43-45-50(53)55-47-49(52)48-56-51(54)46-44-42-40-38-36-34-32-30-28-26-24-22-20-18-16-14-12-10-8-6-4-2/h49,52H,3-48H2,1-2H3. The van der Waals surface area contributed by atoms with Gasteiger partial charge in [-0.2, -0.15) is 0 Å². The topological polar surface area (TPSA) is 72.8 Å². The highest BCUT2D eigenvalue weighted by atomic mass is 16.6. The molecule has 5 nitrogen and oxygen atoms in total. The maximum Gasteiger partial charge on any atom is 0.305 e. The van der Waals surface area contributed by atoms with Crippen molar-refractivity contribution in [2.75, 3.05) is 13.2 Å². The van der Waals surface area contributed by atoms with Gasteiger partial charge in [-0.05, 0) is 12.8 Å². The van der Waals surface area contributed by atoms with E-state index in [-0.39, 0.29) is 25.2 Å². The summed E-state index contributed by atoms with van der Waals surface area (Å²) >= 11 is 0. The van der Waals surface area contributed by atoms with Gasteiger partial charge in [0.25, 0.3) is 0 Å². The summed E-state index contributed by atoms with van der Waals surface area (Å²) in [6.07, 6.45) is 56.2. The molecule has 0 aromatic carbocycles. The Morgan fingerprint density at radius 3 is 0.643 bits per heavy atom. The number of hydrogen-bond acceptors (Lipinski definition) is 5. The molecule has 0 radical (unpaired) electrons. The minimum absolute atomic E-state index is 0.106. The third-order valence-electron chi connectivity index (χ3n) is 11.8. The minimum atomic E-state index is -0.956. The zero-order chi connectivity index (χ0) is 40.7. The first-order valence-electron chi connectivity index (χ1n) is 25.6. The van der Waals surface area contributed by atoms with Crippen molar-refractivity contribution in [2.24, 2.45) is 0 Å². The average molecular weight is 793 g/mol. The SMILES string of the molecule is CCCCCCCCCCCCCCCCCCCCCCCC(=O)OCC(O)COC(=O)CCCCCCCCCCCCCCCCCCCCCCC. The number of ether oxygens (including phenoxy) is 2. The molecule has 1 N–H and O–H groups in total. The van der Waals surface area contributed by atoms with Crippen LogP contribution in [0.2, 0.25) is 0 Å². The van der Waals surface area contributed by atoms with Crippen LogP contribution in [-0.4, -0.2) is 36.4 Å². The van der Waals surface area contributed by atoms with E-state index in [1.807, 2.05) is 0 Å². The van der Waals surface area contributed by atoms with Crippen molar-refractivity contribution in [3.05, 3.63) is 0 Å². The average Bonchev–Trinajstić information content (AvgIpc) is 3.20. The van der Waals surface area contributed by atoms with Gasteiger partial charge < -0.3 is 14.6 Å². The molecule has 334 valence electrons. The number of carbonyl (C=O) groups is 2. The molecule has 0 amide bonds. The van der Waals surface area contributed by atoms with Gasteiger partial charge in [-0.1, -0.05) is 271 Å². The van der Waals surface area contributed by atoms with Crippen molar-refractivity contribution in [3.63, 3.8) is 0 Å².